The van der Waals surface area contributed by atoms with Crippen molar-refractivity contribution in [1.29, 1.82) is 0 Å². The summed E-state index contributed by atoms with van der Waals surface area (Å²) in [6.07, 6.45) is 4.05. The van der Waals surface area contributed by atoms with E-state index in [1.807, 2.05) is 37.5 Å². The van der Waals surface area contributed by atoms with Crippen molar-refractivity contribution in [3.63, 3.8) is 0 Å². The molecule has 6 heteroatoms. The largest absolute Gasteiger partial charge is 0.379 e. The monoisotopic (exact) mass is 271 g/mol. The summed E-state index contributed by atoms with van der Waals surface area (Å²) >= 11 is 0. The summed E-state index contributed by atoms with van der Waals surface area (Å²) in [5, 5.41) is 14.1. The molecule has 104 valence electrons. The van der Waals surface area contributed by atoms with Gasteiger partial charge in [0.15, 0.2) is 0 Å². The first kappa shape index (κ1) is 12.7. The van der Waals surface area contributed by atoms with Crippen LogP contribution in [-0.4, -0.2) is 26.9 Å². The van der Waals surface area contributed by atoms with Crippen molar-refractivity contribution in [3.8, 4) is 0 Å². The Morgan fingerprint density at radius 2 is 2.30 bits per heavy atom. The van der Waals surface area contributed by atoms with Gasteiger partial charge in [-0.2, -0.15) is 0 Å². The molecule has 2 aromatic rings. The zero-order valence-electron chi connectivity index (χ0n) is 11.3. The van der Waals surface area contributed by atoms with E-state index < -0.39 is 0 Å². The van der Waals surface area contributed by atoms with Crippen molar-refractivity contribution in [1.82, 2.24) is 20.3 Å². The number of anilines is 1. The predicted octanol–water partition coefficient (Wildman–Crippen LogP) is 1.32. The van der Waals surface area contributed by atoms with Crippen LogP contribution in [0.1, 0.15) is 28.9 Å². The van der Waals surface area contributed by atoms with Gasteiger partial charge in [-0.05, 0) is 31.0 Å². The van der Waals surface area contributed by atoms with Crippen molar-refractivity contribution < 1.29 is 4.79 Å². The van der Waals surface area contributed by atoms with E-state index in [2.05, 4.69) is 20.9 Å². The van der Waals surface area contributed by atoms with Crippen molar-refractivity contribution in [3.05, 3.63) is 41.7 Å². The third-order valence-electron chi connectivity index (χ3n) is 3.16. The van der Waals surface area contributed by atoms with Crippen LogP contribution in [0.5, 0.6) is 0 Å². The molecule has 20 heavy (non-hydrogen) atoms. The molecule has 1 aliphatic rings. The molecule has 3 rings (SSSR count). The maximum absolute atomic E-state index is 12.0. The summed E-state index contributed by atoms with van der Waals surface area (Å²) in [5.41, 5.74) is 2.44. The first-order chi connectivity index (χ1) is 9.70. The lowest BCUT2D eigenvalue weighted by atomic mass is 10.2. The summed E-state index contributed by atoms with van der Waals surface area (Å²) in [5.74, 6) is -0.00403. The molecule has 6 nitrogen and oxygen atoms in total. The normalized spacial score (nSPS) is 14.1. The van der Waals surface area contributed by atoms with Crippen molar-refractivity contribution >= 4 is 11.6 Å². The van der Waals surface area contributed by atoms with Gasteiger partial charge in [0.2, 0.25) is 0 Å². The van der Waals surface area contributed by atoms with Crippen LogP contribution in [-0.2, 0) is 13.6 Å². The number of aryl methyl sites for hydroxylation is 1. The zero-order valence-corrected chi connectivity index (χ0v) is 11.3. The smallest absolute Gasteiger partial charge is 0.251 e. The Balaban J connectivity index is 1.62. The molecule has 0 bridgehead atoms. The van der Waals surface area contributed by atoms with E-state index in [1.165, 1.54) is 0 Å². The fourth-order valence-corrected chi connectivity index (χ4v) is 1.94. The van der Waals surface area contributed by atoms with Gasteiger partial charge < -0.3 is 10.6 Å². The van der Waals surface area contributed by atoms with E-state index >= 15 is 0 Å². The number of nitrogens with zero attached hydrogens (tertiary/aromatic N) is 3. The number of rotatable bonds is 5. The summed E-state index contributed by atoms with van der Waals surface area (Å²) in [4.78, 5) is 12.0. The van der Waals surface area contributed by atoms with Gasteiger partial charge in [0, 0.05) is 30.5 Å². The minimum absolute atomic E-state index is 0.00403. The second-order valence-corrected chi connectivity index (χ2v) is 5.07. The van der Waals surface area contributed by atoms with Crippen LogP contribution in [0.2, 0.25) is 0 Å². The lowest BCUT2D eigenvalue weighted by Gasteiger charge is -2.07. The van der Waals surface area contributed by atoms with Gasteiger partial charge in [-0.1, -0.05) is 11.3 Å². The molecule has 1 fully saturated rings. The number of benzene rings is 1. The van der Waals surface area contributed by atoms with Gasteiger partial charge in [-0.15, -0.1) is 5.10 Å². The molecule has 1 aliphatic carbocycles. The number of carbonyl (C=O) groups is 1. The maximum Gasteiger partial charge on any atom is 0.251 e. The number of aromatic nitrogens is 3. The summed E-state index contributed by atoms with van der Waals surface area (Å²) in [6.45, 7) is 0.585. The van der Waals surface area contributed by atoms with E-state index in [1.54, 1.807) is 4.68 Å². The molecular weight excluding hydrogens is 254 g/mol. The second-order valence-electron chi connectivity index (χ2n) is 5.07. The number of hydrogen-bond acceptors (Lipinski definition) is 4. The molecule has 0 radical (unpaired) electrons. The molecule has 1 aromatic heterocycles. The predicted molar refractivity (Wildman–Crippen MR) is 75.3 cm³/mol. The summed E-state index contributed by atoms with van der Waals surface area (Å²) in [7, 11) is 1.83. The number of carbonyl (C=O) groups excluding carboxylic acids is 1. The quantitative estimate of drug-likeness (QED) is 0.860. The summed E-state index contributed by atoms with van der Waals surface area (Å²) in [6, 6.07) is 7.86. The van der Waals surface area contributed by atoms with Crippen LogP contribution < -0.4 is 10.6 Å². The fourth-order valence-electron chi connectivity index (χ4n) is 1.94. The van der Waals surface area contributed by atoms with Crippen molar-refractivity contribution in [2.75, 3.05) is 5.32 Å². The molecule has 1 amide bonds. The molecule has 1 saturated carbocycles. The first-order valence-electron chi connectivity index (χ1n) is 6.71. The van der Waals surface area contributed by atoms with E-state index in [-0.39, 0.29) is 5.91 Å². The minimum atomic E-state index is -0.00403. The van der Waals surface area contributed by atoms with E-state index in [0.717, 1.165) is 24.2 Å². The number of nitrogens with one attached hydrogen (secondary N) is 2. The highest BCUT2D eigenvalue weighted by molar-refractivity contribution is 5.95. The SMILES string of the molecule is Cn1cc(CNc2cccc(C(=O)NC3CC3)c2)nn1. The Hall–Kier alpha value is -2.37. The Labute approximate surface area is 117 Å². The zero-order chi connectivity index (χ0) is 13.9. The Morgan fingerprint density at radius 1 is 1.45 bits per heavy atom. The third-order valence-corrected chi connectivity index (χ3v) is 3.16. The molecule has 1 aromatic carbocycles. The lowest BCUT2D eigenvalue weighted by Crippen LogP contribution is -2.25. The van der Waals surface area contributed by atoms with Crippen LogP contribution in [0, 0.1) is 0 Å². The van der Waals surface area contributed by atoms with Gasteiger partial charge >= 0.3 is 0 Å². The van der Waals surface area contributed by atoms with Crippen LogP contribution in [0.15, 0.2) is 30.5 Å². The maximum atomic E-state index is 12.0. The molecule has 0 atom stereocenters. The third kappa shape index (κ3) is 3.14. The van der Waals surface area contributed by atoms with E-state index in [0.29, 0.717) is 18.2 Å². The van der Waals surface area contributed by atoms with E-state index in [9.17, 15) is 4.79 Å². The average Bonchev–Trinajstić information content (AvgIpc) is 3.17. The molecular formula is C14H17N5O. The fraction of sp³-hybridized carbons (Fsp3) is 0.357. The van der Waals surface area contributed by atoms with Gasteiger partial charge in [0.05, 0.1) is 6.54 Å². The Bertz CT molecular complexity index is 618. The van der Waals surface area contributed by atoms with E-state index in [4.69, 9.17) is 0 Å². The number of hydrogen-bond donors (Lipinski definition) is 2. The summed E-state index contributed by atoms with van der Waals surface area (Å²) < 4.78 is 1.66. The minimum Gasteiger partial charge on any atom is -0.379 e. The van der Waals surface area contributed by atoms with Crippen molar-refractivity contribution in [2.45, 2.75) is 25.4 Å². The van der Waals surface area contributed by atoms with Gasteiger partial charge in [-0.3, -0.25) is 9.48 Å². The van der Waals surface area contributed by atoms with Gasteiger partial charge in [0.1, 0.15) is 5.69 Å². The molecule has 0 unspecified atom stereocenters. The van der Waals surface area contributed by atoms with Crippen molar-refractivity contribution in [2.24, 2.45) is 7.05 Å². The molecule has 1 heterocycles. The standard InChI is InChI=1S/C14H17N5O/c1-19-9-13(17-18-19)8-15-12-4-2-3-10(7-12)14(20)16-11-5-6-11/h2-4,7,9,11,15H,5-6,8H2,1H3,(H,16,20). The van der Waals surface area contributed by atoms with Gasteiger partial charge in [0.25, 0.3) is 5.91 Å². The molecule has 0 spiro atoms. The van der Waals surface area contributed by atoms with Crippen LogP contribution in [0.4, 0.5) is 5.69 Å². The molecule has 0 saturated heterocycles. The molecule has 2 N–H and O–H groups in total. The van der Waals surface area contributed by atoms with Crippen LogP contribution in [0.3, 0.4) is 0 Å². The lowest BCUT2D eigenvalue weighted by molar-refractivity contribution is 0.0951. The Morgan fingerprint density at radius 3 is 3.00 bits per heavy atom. The highest BCUT2D eigenvalue weighted by Gasteiger charge is 2.23. The highest BCUT2D eigenvalue weighted by Crippen LogP contribution is 2.20. The van der Waals surface area contributed by atoms with Crippen LogP contribution in [0.25, 0.3) is 0 Å². The highest BCUT2D eigenvalue weighted by atomic mass is 16.1. The Kier molecular flexibility index (Phi) is 3.37. The number of amides is 1. The average molecular weight is 271 g/mol. The van der Waals surface area contributed by atoms with Crippen LogP contribution >= 0.6 is 0 Å². The molecule has 0 aliphatic heterocycles. The first-order valence-corrected chi connectivity index (χ1v) is 6.71. The topological polar surface area (TPSA) is 71.8 Å². The van der Waals surface area contributed by atoms with Gasteiger partial charge in [-0.25, -0.2) is 0 Å². The second kappa shape index (κ2) is 5.32.